The molecule has 21 heavy (non-hydrogen) atoms. The first kappa shape index (κ1) is 13.9. The molecule has 0 spiro atoms. The molecule has 4 heteroatoms. The Hall–Kier alpha value is -2.10. The normalized spacial score (nSPS) is 25.1. The van der Waals surface area contributed by atoms with Crippen LogP contribution in [0.3, 0.4) is 0 Å². The highest BCUT2D eigenvalue weighted by molar-refractivity contribution is 5.51. The predicted octanol–water partition coefficient (Wildman–Crippen LogP) is 3.40. The first-order valence-corrected chi connectivity index (χ1v) is 7.11. The lowest BCUT2D eigenvalue weighted by molar-refractivity contribution is 0.147. The number of aliphatic hydroxyl groups is 1. The summed E-state index contributed by atoms with van der Waals surface area (Å²) < 4.78 is 6.01. The van der Waals surface area contributed by atoms with Gasteiger partial charge in [0.1, 0.15) is 23.4 Å². The second kappa shape index (κ2) is 5.02. The van der Waals surface area contributed by atoms with E-state index in [1.54, 1.807) is 0 Å². The quantitative estimate of drug-likeness (QED) is 0.740. The van der Waals surface area contributed by atoms with Crippen molar-refractivity contribution in [3.05, 3.63) is 47.6 Å². The molecule has 0 unspecified atom stereocenters. The van der Waals surface area contributed by atoms with Crippen molar-refractivity contribution in [2.24, 2.45) is 5.92 Å². The summed E-state index contributed by atoms with van der Waals surface area (Å²) in [6.07, 6.45) is 3.76. The molecule has 1 aliphatic carbocycles. The SMILES string of the molecule is [CH2]C1=C(O)CCC([C@H]2Oc3cc(O)cc(O)c3C[C@H]2C)=C1. The molecule has 0 fully saturated rings. The smallest absolute Gasteiger partial charge is 0.130 e. The second-order valence-electron chi connectivity index (χ2n) is 5.85. The molecule has 3 rings (SSSR count). The van der Waals surface area contributed by atoms with Gasteiger partial charge in [-0.3, -0.25) is 0 Å². The highest BCUT2D eigenvalue weighted by atomic mass is 16.5. The van der Waals surface area contributed by atoms with Crippen molar-refractivity contribution in [1.82, 2.24) is 0 Å². The van der Waals surface area contributed by atoms with Gasteiger partial charge in [-0.05, 0) is 30.9 Å². The standard InChI is InChI=1S/C17H19O4/c1-9-5-11(3-4-14(9)19)17-10(2)6-13-15(20)7-12(18)8-16(13)21-17/h5,7-8,10,17-20H,1,3-4,6H2,2H3/t10-,17+/m1/s1. The molecule has 2 aliphatic rings. The van der Waals surface area contributed by atoms with Gasteiger partial charge in [0.05, 0.1) is 5.76 Å². The molecular weight excluding hydrogens is 268 g/mol. The van der Waals surface area contributed by atoms with E-state index < -0.39 is 0 Å². The largest absolute Gasteiger partial charge is 0.512 e. The van der Waals surface area contributed by atoms with E-state index in [4.69, 9.17) is 4.74 Å². The predicted molar refractivity (Wildman–Crippen MR) is 79.4 cm³/mol. The highest BCUT2D eigenvalue weighted by Gasteiger charge is 2.32. The molecule has 1 radical (unpaired) electrons. The van der Waals surface area contributed by atoms with Gasteiger partial charge in [0.15, 0.2) is 0 Å². The molecule has 0 saturated carbocycles. The van der Waals surface area contributed by atoms with Crippen LogP contribution in [0.15, 0.2) is 35.1 Å². The lowest BCUT2D eigenvalue weighted by atomic mass is 9.83. The summed E-state index contributed by atoms with van der Waals surface area (Å²) in [7, 11) is 0. The monoisotopic (exact) mass is 287 g/mol. The van der Waals surface area contributed by atoms with Gasteiger partial charge in [0, 0.05) is 30.0 Å². The van der Waals surface area contributed by atoms with Crippen LogP contribution in [0.2, 0.25) is 0 Å². The Morgan fingerprint density at radius 1 is 1.19 bits per heavy atom. The maximum atomic E-state index is 9.92. The number of aromatic hydroxyl groups is 2. The summed E-state index contributed by atoms with van der Waals surface area (Å²) in [4.78, 5) is 0. The number of rotatable bonds is 1. The van der Waals surface area contributed by atoms with E-state index >= 15 is 0 Å². The van der Waals surface area contributed by atoms with Crippen molar-refractivity contribution in [2.45, 2.75) is 32.3 Å². The number of fused-ring (bicyclic) bond motifs is 1. The molecule has 0 aromatic heterocycles. The van der Waals surface area contributed by atoms with Crippen LogP contribution in [0.1, 0.15) is 25.3 Å². The van der Waals surface area contributed by atoms with Crippen molar-refractivity contribution in [3.8, 4) is 17.2 Å². The van der Waals surface area contributed by atoms with Gasteiger partial charge in [-0.15, -0.1) is 0 Å². The van der Waals surface area contributed by atoms with Gasteiger partial charge in [-0.25, -0.2) is 0 Å². The van der Waals surface area contributed by atoms with Crippen LogP contribution in [0.4, 0.5) is 0 Å². The van der Waals surface area contributed by atoms with E-state index in [9.17, 15) is 15.3 Å². The van der Waals surface area contributed by atoms with Crippen molar-refractivity contribution >= 4 is 0 Å². The van der Waals surface area contributed by atoms with Crippen LogP contribution < -0.4 is 4.74 Å². The Labute approximate surface area is 124 Å². The van der Waals surface area contributed by atoms with Gasteiger partial charge in [-0.1, -0.05) is 13.0 Å². The molecule has 1 aliphatic heterocycles. The topological polar surface area (TPSA) is 69.9 Å². The van der Waals surface area contributed by atoms with E-state index in [2.05, 4.69) is 13.8 Å². The van der Waals surface area contributed by atoms with Crippen molar-refractivity contribution < 1.29 is 20.1 Å². The number of phenols is 2. The van der Waals surface area contributed by atoms with Crippen LogP contribution in [0.25, 0.3) is 0 Å². The fourth-order valence-electron chi connectivity index (χ4n) is 3.08. The van der Waals surface area contributed by atoms with E-state index in [0.717, 1.165) is 17.6 Å². The van der Waals surface area contributed by atoms with Gasteiger partial charge < -0.3 is 20.1 Å². The number of aliphatic hydroxyl groups excluding tert-OH is 1. The average Bonchev–Trinajstić information content (AvgIpc) is 2.42. The molecule has 1 aromatic rings. The van der Waals surface area contributed by atoms with Crippen LogP contribution in [0.5, 0.6) is 17.2 Å². The number of ether oxygens (including phenoxy) is 1. The Morgan fingerprint density at radius 2 is 1.95 bits per heavy atom. The number of allylic oxidation sites excluding steroid dienone is 3. The third-order valence-electron chi connectivity index (χ3n) is 4.21. The summed E-state index contributed by atoms with van der Waals surface area (Å²) in [5.74, 6) is 1.13. The Kier molecular flexibility index (Phi) is 3.32. The summed E-state index contributed by atoms with van der Waals surface area (Å²) >= 11 is 0. The fraction of sp³-hybridized carbons (Fsp3) is 0.353. The summed E-state index contributed by atoms with van der Waals surface area (Å²) in [6, 6.07) is 2.87. The Bertz CT molecular complexity index is 642. The minimum Gasteiger partial charge on any atom is -0.512 e. The van der Waals surface area contributed by atoms with Crippen molar-refractivity contribution in [1.29, 1.82) is 0 Å². The van der Waals surface area contributed by atoms with Crippen molar-refractivity contribution in [2.75, 3.05) is 0 Å². The summed E-state index contributed by atoms with van der Waals surface area (Å²) in [5, 5.41) is 29.2. The summed E-state index contributed by atoms with van der Waals surface area (Å²) in [5.41, 5.74) is 2.47. The zero-order valence-corrected chi connectivity index (χ0v) is 12.0. The lowest BCUT2D eigenvalue weighted by Gasteiger charge is -2.34. The molecule has 3 N–H and O–H groups in total. The number of phenolic OH excluding ortho intramolecular Hbond substituents is 2. The molecule has 2 atom stereocenters. The Balaban J connectivity index is 1.95. The van der Waals surface area contributed by atoms with E-state index in [1.165, 1.54) is 12.1 Å². The van der Waals surface area contributed by atoms with Gasteiger partial charge >= 0.3 is 0 Å². The molecule has 1 heterocycles. The fourth-order valence-corrected chi connectivity index (χ4v) is 3.08. The maximum absolute atomic E-state index is 9.92. The van der Waals surface area contributed by atoms with Crippen LogP contribution >= 0.6 is 0 Å². The third-order valence-corrected chi connectivity index (χ3v) is 4.21. The highest BCUT2D eigenvalue weighted by Crippen LogP contribution is 2.42. The second-order valence-corrected chi connectivity index (χ2v) is 5.85. The van der Waals surface area contributed by atoms with Crippen LogP contribution in [-0.4, -0.2) is 21.4 Å². The Morgan fingerprint density at radius 3 is 2.67 bits per heavy atom. The third kappa shape index (κ3) is 2.46. The van der Waals surface area contributed by atoms with E-state index in [0.29, 0.717) is 29.9 Å². The minimum atomic E-state index is -0.122. The van der Waals surface area contributed by atoms with Gasteiger partial charge in [0.2, 0.25) is 0 Å². The maximum Gasteiger partial charge on any atom is 0.130 e. The van der Waals surface area contributed by atoms with Crippen LogP contribution in [-0.2, 0) is 6.42 Å². The number of hydrogen-bond donors (Lipinski definition) is 3. The molecule has 0 bridgehead atoms. The molecule has 4 nitrogen and oxygen atoms in total. The van der Waals surface area contributed by atoms with Crippen LogP contribution in [0, 0.1) is 12.8 Å². The molecular formula is C17H19O4. The molecule has 0 amide bonds. The zero-order valence-electron chi connectivity index (χ0n) is 12.0. The number of hydrogen-bond acceptors (Lipinski definition) is 4. The van der Waals surface area contributed by atoms with E-state index in [-0.39, 0.29) is 23.5 Å². The first-order chi connectivity index (χ1) is 9.95. The van der Waals surface area contributed by atoms with Crippen molar-refractivity contribution in [3.63, 3.8) is 0 Å². The summed E-state index contributed by atoms with van der Waals surface area (Å²) in [6.45, 7) is 5.91. The molecule has 1 aromatic carbocycles. The molecule has 0 saturated heterocycles. The van der Waals surface area contributed by atoms with Gasteiger partial charge in [-0.2, -0.15) is 0 Å². The zero-order chi connectivity index (χ0) is 15.1. The lowest BCUT2D eigenvalue weighted by Crippen LogP contribution is -2.33. The first-order valence-electron chi connectivity index (χ1n) is 7.11. The van der Waals surface area contributed by atoms with E-state index in [1.807, 2.05) is 6.08 Å². The minimum absolute atomic E-state index is 0.00688. The van der Waals surface area contributed by atoms with Gasteiger partial charge in [0.25, 0.3) is 0 Å². The number of benzene rings is 1. The molecule has 111 valence electrons. The average molecular weight is 287 g/mol.